The summed E-state index contributed by atoms with van der Waals surface area (Å²) in [6.45, 7) is 7.93. The molecule has 1 aliphatic rings. The largest absolute Gasteiger partial charge is 0.347 e. The number of nitrogens with zero attached hydrogens (tertiary/aromatic N) is 1. The number of nitrogens with one attached hydrogen (secondary N) is 2. The van der Waals surface area contributed by atoms with Gasteiger partial charge < -0.3 is 10.2 Å². The zero-order chi connectivity index (χ0) is 18.8. The summed E-state index contributed by atoms with van der Waals surface area (Å²) in [6, 6.07) is 5.73. The van der Waals surface area contributed by atoms with Crippen molar-refractivity contribution in [2.45, 2.75) is 50.6 Å². The average Bonchev–Trinajstić information content (AvgIpc) is 2.93. The first-order valence-electron chi connectivity index (χ1n) is 8.18. The number of carbonyl (C=O) groups is 2. The molecule has 1 saturated heterocycles. The lowest BCUT2D eigenvalue weighted by Gasteiger charge is -2.20. The molecule has 0 radical (unpaired) electrons. The number of sulfonamides is 1. The maximum atomic E-state index is 12.3. The molecule has 7 nitrogen and oxygen atoms in total. The highest BCUT2D eigenvalue weighted by molar-refractivity contribution is 7.89. The summed E-state index contributed by atoms with van der Waals surface area (Å²) in [5.74, 6) is -0.277. The van der Waals surface area contributed by atoms with Crippen LogP contribution in [0.15, 0.2) is 29.2 Å². The highest BCUT2D eigenvalue weighted by Gasteiger charge is 2.26. The Morgan fingerprint density at radius 3 is 2.24 bits per heavy atom. The molecular weight excluding hydrogens is 342 g/mol. The first-order valence-corrected chi connectivity index (χ1v) is 9.67. The Labute approximate surface area is 148 Å². The molecule has 0 bridgehead atoms. The van der Waals surface area contributed by atoms with Crippen LogP contribution in [0.3, 0.4) is 0 Å². The molecule has 2 rings (SSSR count). The zero-order valence-electron chi connectivity index (χ0n) is 15.0. The minimum absolute atomic E-state index is 0.00217. The third-order valence-corrected chi connectivity index (χ3v) is 5.61. The third kappa shape index (κ3) is 5.27. The number of rotatable bonds is 4. The van der Waals surface area contributed by atoms with Crippen LogP contribution in [0.5, 0.6) is 0 Å². The van der Waals surface area contributed by atoms with E-state index in [4.69, 9.17) is 0 Å². The van der Waals surface area contributed by atoms with E-state index in [0.717, 1.165) is 0 Å². The van der Waals surface area contributed by atoms with Gasteiger partial charge in [0, 0.05) is 37.2 Å². The molecule has 138 valence electrons. The molecule has 1 fully saturated rings. The number of amides is 2. The van der Waals surface area contributed by atoms with Gasteiger partial charge in [-0.3, -0.25) is 9.59 Å². The summed E-state index contributed by atoms with van der Waals surface area (Å²) in [5.41, 5.74) is -0.198. The molecule has 0 aromatic heterocycles. The van der Waals surface area contributed by atoms with Crippen molar-refractivity contribution in [2.75, 3.05) is 13.1 Å². The molecule has 1 aromatic carbocycles. The summed E-state index contributed by atoms with van der Waals surface area (Å²) in [5, 5.41) is 2.88. The van der Waals surface area contributed by atoms with Crippen molar-refractivity contribution in [3.05, 3.63) is 29.8 Å². The lowest BCUT2D eigenvalue weighted by molar-refractivity contribution is -0.127. The second kappa shape index (κ2) is 7.13. The normalized spacial score (nSPS) is 18.2. The van der Waals surface area contributed by atoms with Gasteiger partial charge in [-0.05, 0) is 51.5 Å². The smallest absolute Gasteiger partial charge is 0.251 e. The SMILES string of the molecule is CC(=O)N1CC[C@@H](NC(=O)c2ccc(S(=O)(=O)NC(C)(C)C)cc2)C1. The zero-order valence-corrected chi connectivity index (χ0v) is 15.8. The lowest BCUT2D eigenvalue weighted by Crippen LogP contribution is -2.40. The Balaban J connectivity index is 2.02. The first kappa shape index (κ1) is 19.4. The van der Waals surface area contributed by atoms with Gasteiger partial charge in [0.25, 0.3) is 5.91 Å². The number of benzene rings is 1. The fourth-order valence-electron chi connectivity index (χ4n) is 2.68. The molecular formula is C17H25N3O4S. The first-order chi connectivity index (χ1) is 11.5. The molecule has 0 unspecified atom stereocenters. The molecule has 0 spiro atoms. The molecule has 1 aliphatic heterocycles. The average molecular weight is 367 g/mol. The standard InChI is InChI=1S/C17H25N3O4S/c1-12(21)20-10-9-14(11-20)18-16(22)13-5-7-15(8-6-13)25(23,24)19-17(2,3)4/h5-8,14,19H,9-11H2,1-4H3,(H,18,22)/t14-/m1/s1. The van der Waals surface area contributed by atoms with E-state index < -0.39 is 15.6 Å². The van der Waals surface area contributed by atoms with E-state index in [-0.39, 0.29) is 22.8 Å². The highest BCUT2D eigenvalue weighted by Crippen LogP contribution is 2.15. The van der Waals surface area contributed by atoms with Gasteiger partial charge in [0.05, 0.1) is 4.90 Å². The summed E-state index contributed by atoms with van der Waals surface area (Å²) >= 11 is 0. The van der Waals surface area contributed by atoms with Crippen molar-refractivity contribution in [1.82, 2.24) is 14.9 Å². The van der Waals surface area contributed by atoms with Crippen LogP contribution < -0.4 is 10.0 Å². The number of hydrogen-bond acceptors (Lipinski definition) is 4. The van der Waals surface area contributed by atoms with E-state index >= 15 is 0 Å². The van der Waals surface area contributed by atoms with Gasteiger partial charge in [-0.15, -0.1) is 0 Å². The highest BCUT2D eigenvalue weighted by atomic mass is 32.2. The Kier molecular flexibility index (Phi) is 5.53. The van der Waals surface area contributed by atoms with E-state index in [9.17, 15) is 18.0 Å². The monoisotopic (exact) mass is 367 g/mol. The summed E-state index contributed by atoms with van der Waals surface area (Å²) in [7, 11) is -3.63. The minimum atomic E-state index is -3.63. The van der Waals surface area contributed by atoms with Gasteiger partial charge in [0.15, 0.2) is 0 Å². The molecule has 25 heavy (non-hydrogen) atoms. The van der Waals surface area contributed by atoms with E-state index in [0.29, 0.717) is 25.1 Å². The van der Waals surface area contributed by atoms with Crippen molar-refractivity contribution < 1.29 is 18.0 Å². The van der Waals surface area contributed by atoms with Crippen LogP contribution in [0.25, 0.3) is 0 Å². The van der Waals surface area contributed by atoms with Gasteiger partial charge >= 0.3 is 0 Å². The fraction of sp³-hybridized carbons (Fsp3) is 0.529. The Hall–Kier alpha value is -1.93. The molecule has 0 saturated carbocycles. The number of likely N-dealkylation sites (tertiary alicyclic amines) is 1. The summed E-state index contributed by atoms with van der Waals surface area (Å²) in [4.78, 5) is 25.4. The van der Waals surface area contributed by atoms with Gasteiger partial charge in [0.1, 0.15) is 0 Å². The topological polar surface area (TPSA) is 95.6 Å². The van der Waals surface area contributed by atoms with Crippen LogP contribution in [0, 0.1) is 0 Å². The molecule has 0 aliphatic carbocycles. The van der Waals surface area contributed by atoms with Gasteiger partial charge in [-0.1, -0.05) is 0 Å². The minimum Gasteiger partial charge on any atom is -0.347 e. The van der Waals surface area contributed by atoms with E-state index in [1.807, 2.05) is 0 Å². The number of carbonyl (C=O) groups excluding carboxylic acids is 2. The van der Waals surface area contributed by atoms with Gasteiger partial charge in [0.2, 0.25) is 15.9 Å². The van der Waals surface area contributed by atoms with Crippen molar-refractivity contribution in [1.29, 1.82) is 0 Å². The molecule has 1 atom stereocenters. The maximum absolute atomic E-state index is 12.3. The van der Waals surface area contributed by atoms with Crippen LogP contribution in [0.4, 0.5) is 0 Å². The summed E-state index contributed by atoms with van der Waals surface area (Å²) in [6.07, 6.45) is 0.716. The lowest BCUT2D eigenvalue weighted by atomic mass is 10.1. The Morgan fingerprint density at radius 1 is 1.16 bits per heavy atom. The van der Waals surface area contributed by atoms with Crippen molar-refractivity contribution >= 4 is 21.8 Å². The van der Waals surface area contributed by atoms with Crippen molar-refractivity contribution in [3.8, 4) is 0 Å². The van der Waals surface area contributed by atoms with Crippen LogP contribution in [0.2, 0.25) is 0 Å². The van der Waals surface area contributed by atoms with Gasteiger partial charge in [-0.25, -0.2) is 13.1 Å². The van der Waals surface area contributed by atoms with Crippen LogP contribution >= 0.6 is 0 Å². The van der Waals surface area contributed by atoms with E-state index in [1.165, 1.54) is 31.2 Å². The van der Waals surface area contributed by atoms with Crippen molar-refractivity contribution in [3.63, 3.8) is 0 Å². The maximum Gasteiger partial charge on any atom is 0.251 e. The third-order valence-electron chi connectivity index (χ3n) is 3.84. The predicted molar refractivity (Wildman–Crippen MR) is 94.6 cm³/mol. The fourth-order valence-corrected chi connectivity index (χ4v) is 4.10. The predicted octanol–water partition coefficient (Wildman–Crippen LogP) is 1.11. The Morgan fingerprint density at radius 2 is 1.76 bits per heavy atom. The summed E-state index contributed by atoms with van der Waals surface area (Å²) < 4.78 is 27.1. The van der Waals surface area contributed by atoms with Crippen molar-refractivity contribution in [2.24, 2.45) is 0 Å². The molecule has 8 heteroatoms. The van der Waals surface area contributed by atoms with Crippen LogP contribution in [0.1, 0.15) is 44.5 Å². The molecule has 2 amide bonds. The number of hydrogen-bond donors (Lipinski definition) is 2. The molecule has 1 heterocycles. The van der Waals surface area contributed by atoms with Crippen LogP contribution in [-0.2, 0) is 14.8 Å². The Bertz CT molecular complexity index is 751. The van der Waals surface area contributed by atoms with E-state index in [1.54, 1.807) is 25.7 Å². The van der Waals surface area contributed by atoms with Gasteiger partial charge in [-0.2, -0.15) is 0 Å². The van der Waals surface area contributed by atoms with E-state index in [2.05, 4.69) is 10.0 Å². The molecule has 1 aromatic rings. The quantitative estimate of drug-likeness (QED) is 0.833. The van der Waals surface area contributed by atoms with Crippen LogP contribution in [-0.4, -0.2) is 49.8 Å². The second-order valence-electron chi connectivity index (χ2n) is 7.30. The second-order valence-corrected chi connectivity index (χ2v) is 8.99. The molecule has 2 N–H and O–H groups in total.